The topological polar surface area (TPSA) is 81.0 Å². The smallest absolute Gasteiger partial charge is 0.254 e. The fraction of sp³-hybridized carbons (Fsp3) is 0.286. The first-order chi connectivity index (χ1) is 9.13. The second-order valence-corrected chi connectivity index (χ2v) is 4.82. The van der Waals surface area contributed by atoms with Gasteiger partial charge < -0.3 is 15.5 Å². The predicted molar refractivity (Wildman–Crippen MR) is 72.5 cm³/mol. The van der Waals surface area contributed by atoms with Gasteiger partial charge in [-0.3, -0.25) is 4.79 Å². The molecule has 0 radical (unpaired) electrons. The Hall–Kier alpha value is -2.30. The number of rotatable bonds is 3. The standard InChI is InChI=1S/C14H15N3O2/c1-8-10(15)3-2-4-11(8)19-13-7-12(18)16-14(17-13)9-5-6-9/h2-4,7,9H,5-6,15H2,1H3,(H,16,17,18). The molecule has 0 bridgehead atoms. The Bertz CT molecular complexity index is 675. The lowest BCUT2D eigenvalue weighted by molar-refractivity contribution is 0.454. The lowest BCUT2D eigenvalue weighted by Gasteiger charge is -2.09. The van der Waals surface area contributed by atoms with Crippen LogP contribution in [0.3, 0.4) is 0 Å². The summed E-state index contributed by atoms with van der Waals surface area (Å²) >= 11 is 0. The number of ether oxygens (including phenoxy) is 1. The predicted octanol–water partition coefficient (Wildman–Crippen LogP) is 2.33. The third-order valence-corrected chi connectivity index (χ3v) is 3.24. The van der Waals surface area contributed by atoms with E-state index < -0.39 is 0 Å². The summed E-state index contributed by atoms with van der Waals surface area (Å²) in [5.41, 5.74) is 7.14. The first kappa shape index (κ1) is 11.8. The number of hydrogen-bond acceptors (Lipinski definition) is 4. The normalized spacial score (nSPS) is 14.4. The van der Waals surface area contributed by atoms with Gasteiger partial charge in [0.1, 0.15) is 11.6 Å². The molecular formula is C14H15N3O2. The van der Waals surface area contributed by atoms with Gasteiger partial charge in [-0.15, -0.1) is 0 Å². The summed E-state index contributed by atoms with van der Waals surface area (Å²) in [5, 5.41) is 0. The van der Waals surface area contributed by atoms with Gasteiger partial charge in [-0.25, -0.2) is 0 Å². The molecule has 0 spiro atoms. The number of hydrogen-bond donors (Lipinski definition) is 2. The minimum atomic E-state index is -0.187. The Labute approximate surface area is 110 Å². The number of nitrogens with one attached hydrogen (secondary N) is 1. The highest BCUT2D eigenvalue weighted by Crippen LogP contribution is 2.38. The lowest BCUT2D eigenvalue weighted by Crippen LogP contribution is -2.10. The first-order valence-electron chi connectivity index (χ1n) is 6.27. The van der Waals surface area contributed by atoms with Crippen LogP contribution < -0.4 is 16.0 Å². The fourth-order valence-electron chi connectivity index (χ4n) is 1.91. The van der Waals surface area contributed by atoms with Crippen LogP contribution in [0.15, 0.2) is 29.1 Å². The van der Waals surface area contributed by atoms with E-state index in [2.05, 4.69) is 9.97 Å². The van der Waals surface area contributed by atoms with Gasteiger partial charge in [0, 0.05) is 17.2 Å². The van der Waals surface area contributed by atoms with Crippen molar-refractivity contribution in [1.29, 1.82) is 0 Å². The van der Waals surface area contributed by atoms with E-state index in [9.17, 15) is 4.79 Å². The summed E-state index contributed by atoms with van der Waals surface area (Å²) < 4.78 is 5.68. The molecule has 1 aromatic carbocycles. The molecule has 3 N–H and O–H groups in total. The lowest BCUT2D eigenvalue weighted by atomic mass is 10.2. The van der Waals surface area contributed by atoms with Crippen LogP contribution in [0.25, 0.3) is 0 Å². The molecule has 0 aliphatic heterocycles. The molecule has 0 atom stereocenters. The average Bonchev–Trinajstić information content (AvgIpc) is 3.18. The van der Waals surface area contributed by atoms with E-state index in [1.54, 1.807) is 0 Å². The van der Waals surface area contributed by atoms with Gasteiger partial charge in [0.25, 0.3) is 5.56 Å². The van der Waals surface area contributed by atoms with Crippen LogP contribution in [-0.2, 0) is 0 Å². The zero-order chi connectivity index (χ0) is 13.4. The zero-order valence-corrected chi connectivity index (χ0v) is 10.6. The molecule has 2 aromatic rings. The summed E-state index contributed by atoms with van der Waals surface area (Å²) in [7, 11) is 0. The highest BCUT2D eigenvalue weighted by Gasteiger charge is 2.26. The molecule has 1 heterocycles. The molecule has 1 aliphatic carbocycles. The number of aromatic nitrogens is 2. The quantitative estimate of drug-likeness (QED) is 0.827. The maximum Gasteiger partial charge on any atom is 0.254 e. The molecule has 19 heavy (non-hydrogen) atoms. The molecule has 0 saturated heterocycles. The Balaban J connectivity index is 1.94. The molecule has 1 aromatic heterocycles. The van der Waals surface area contributed by atoms with Crippen molar-refractivity contribution in [2.75, 3.05) is 5.73 Å². The molecule has 98 valence electrons. The Morgan fingerprint density at radius 2 is 2.21 bits per heavy atom. The molecule has 0 amide bonds. The minimum absolute atomic E-state index is 0.187. The Morgan fingerprint density at radius 3 is 2.95 bits per heavy atom. The second-order valence-electron chi connectivity index (χ2n) is 4.82. The molecule has 1 saturated carbocycles. The van der Waals surface area contributed by atoms with Crippen molar-refractivity contribution >= 4 is 5.69 Å². The van der Waals surface area contributed by atoms with Crippen LogP contribution in [0.5, 0.6) is 11.6 Å². The van der Waals surface area contributed by atoms with Crippen molar-refractivity contribution in [3.05, 3.63) is 46.0 Å². The number of nitrogens with two attached hydrogens (primary N) is 1. The van der Waals surface area contributed by atoms with E-state index in [0.29, 0.717) is 29.1 Å². The largest absolute Gasteiger partial charge is 0.438 e. The number of anilines is 1. The highest BCUT2D eigenvalue weighted by atomic mass is 16.5. The summed E-state index contributed by atoms with van der Waals surface area (Å²) in [6.07, 6.45) is 2.15. The summed E-state index contributed by atoms with van der Waals surface area (Å²) in [5.74, 6) is 2.03. The summed E-state index contributed by atoms with van der Waals surface area (Å²) in [6, 6.07) is 6.79. The second kappa shape index (κ2) is 4.42. The van der Waals surface area contributed by atoms with Crippen molar-refractivity contribution in [3.8, 4) is 11.6 Å². The molecule has 1 fully saturated rings. The minimum Gasteiger partial charge on any atom is -0.438 e. The van der Waals surface area contributed by atoms with Gasteiger partial charge in [0.15, 0.2) is 0 Å². The van der Waals surface area contributed by atoms with Gasteiger partial charge in [-0.05, 0) is 31.9 Å². The van der Waals surface area contributed by atoms with Crippen LogP contribution in [0, 0.1) is 6.92 Å². The number of H-pyrrole nitrogens is 1. The molecule has 0 unspecified atom stereocenters. The summed E-state index contributed by atoms with van der Waals surface area (Å²) in [6.45, 7) is 1.87. The number of benzene rings is 1. The number of nitrogen functional groups attached to an aromatic ring is 1. The average molecular weight is 257 g/mol. The van der Waals surface area contributed by atoms with E-state index in [1.165, 1.54) is 6.07 Å². The van der Waals surface area contributed by atoms with E-state index in [0.717, 1.165) is 18.4 Å². The number of nitrogens with zero attached hydrogens (tertiary/aromatic N) is 1. The first-order valence-corrected chi connectivity index (χ1v) is 6.27. The van der Waals surface area contributed by atoms with Crippen LogP contribution in [0.2, 0.25) is 0 Å². The van der Waals surface area contributed by atoms with Crippen molar-refractivity contribution in [3.63, 3.8) is 0 Å². The zero-order valence-electron chi connectivity index (χ0n) is 10.6. The Morgan fingerprint density at radius 1 is 1.42 bits per heavy atom. The van der Waals surface area contributed by atoms with E-state index in [4.69, 9.17) is 10.5 Å². The maximum atomic E-state index is 11.6. The van der Waals surface area contributed by atoms with Crippen LogP contribution in [0.1, 0.15) is 30.1 Å². The van der Waals surface area contributed by atoms with Crippen molar-refractivity contribution in [2.45, 2.75) is 25.7 Å². The molecule has 3 rings (SSSR count). The third-order valence-electron chi connectivity index (χ3n) is 3.24. The molecule has 5 heteroatoms. The molecule has 1 aliphatic rings. The SMILES string of the molecule is Cc1c(N)cccc1Oc1cc(=O)[nH]c(C2CC2)n1. The van der Waals surface area contributed by atoms with Crippen molar-refractivity contribution in [2.24, 2.45) is 0 Å². The van der Waals surface area contributed by atoms with E-state index in [-0.39, 0.29) is 5.56 Å². The van der Waals surface area contributed by atoms with Crippen LogP contribution in [-0.4, -0.2) is 9.97 Å². The highest BCUT2D eigenvalue weighted by molar-refractivity contribution is 5.53. The van der Waals surface area contributed by atoms with Gasteiger partial charge in [-0.2, -0.15) is 4.98 Å². The van der Waals surface area contributed by atoms with Gasteiger partial charge >= 0.3 is 0 Å². The van der Waals surface area contributed by atoms with Crippen molar-refractivity contribution in [1.82, 2.24) is 9.97 Å². The maximum absolute atomic E-state index is 11.6. The van der Waals surface area contributed by atoms with E-state index >= 15 is 0 Å². The van der Waals surface area contributed by atoms with Crippen LogP contribution >= 0.6 is 0 Å². The summed E-state index contributed by atoms with van der Waals surface area (Å²) in [4.78, 5) is 18.7. The van der Waals surface area contributed by atoms with Gasteiger partial charge in [0.2, 0.25) is 5.88 Å². The van der Waals surface area contributed by atoms with Crippen molar-refractivity contribution < 1.29 is 4.74 Å². The Kier molecular flexibility index (Phi) is 2.74. The van der Waals surface area contributed by atoms with Gasteiger partial charge in [-0.1, -0.05) is 6.07 Å². The van der Waals surface area contributed by atoms with E-state index in [1.807, 2.05) is 25.1 Å². The monoisotopic (exact) mass is 257 g/mol. The van der Waals surface area contributed by atoms with Crippen LogP contribution in [0.4, 0.5) is 5.69 Å². The molecular weight excluding hydrogens is 242 g/mol. The van der Waals surface area contributed by atoms with Gasteiger partial charge in [0.05, 0.1) is 6.07 Å². The number of aromatic amines is 1. The third kappa shape index (κ3) is 2.45. The molecule has 5 nitrogen and oxygen atoms in total. The fourth-order valence-corrected chi connectivity index (χ4v) is 1.91.